The van der Waals surface area contributed by atoms with Crippen molar-refractivity contribution in [1.29, 1.82) is 0 Å². The molecule has 27 heavy (non-hydrogen) atoms. The van der Waals surface area contributed by atoms with Crippen molar-refractivity contribution in [2.45, 2.75) is 6.92 Å². The van der Waals surface area contributed by atoms with Gasteiger partial charge in [-0.1, -0.05) is 18.2 Å². The number of hydrazone groups is 1. The van der Waals surface area contributed by atoms with Crippen molar-refractivity contribution in [1.82, 2.24) is 20.2 Å². The number of H-pyrrole nitrogens is 1. The lowest BCUT2D eigenvalue weighted by atomic mass is 10.1. The minimum absolute atomic E-state index is 0.0368. The van der Waals surface area contributed by atoms with Crippen LogP contribution in [0.5, 0.6) is 11.5 Å². The predicted molar refractivity (Wildman–Crippen MR) is 108 cm³/mol. The summed E-state index contributed by atoms with van der Waals surface area (Å²) in [6.07, 6.45) is 1.57. The van der Waals surface area contributed by atoms with E-state index in [0.29, 0.717) is 15.9 Å². The summed E-state index contributed by atoms with van der Waals surface area (Å²) in [4.78, 5) is 7.69. The van der Waals surface area contributed by atoms with E-state index in [1.165, 1.54) is 7.11 Å². The minimum Gasteiger partial charge on any atom is -0.503 e. The van der Waals surface area contributed by atoms with Gasteiger partial charge in [0.05, 0.1) is 23.3 Å². The van der Waals surface area contributed by atoms with Gasteiger partial charge < -0.3 is 14.8 Å². The third-order valence-corrected chi connectivity index (χ3v) is 4.71. The summed E-state index contributed by atoms with van der Waals surface area (Å²) in [7, 11) is 1.48. The first kappa shape index (κ1) is 17.2. The Morgan fingerprint density at radius 2 is 2.15 bits per heavy atom. The molecule has 0 atom stereocenters. The number of phenols is 1. The van der Waals surface area contributed by atoms with Crippen molar-refractivity contribution in [2.24, 2.45) is 5.10 Å². The Labute approximate surface area is 162 Å². The van der Waals surface area contributed by atoms with Crippen LogP contribution in [-0.4, -0.2) is 38.6 Å². The van der Waals surface area contributed by atoms with Gasteiger partial charge in [0, 0.05) is 5.39 Å². The fourth-order valence-electron chi connectivity index (χ4n) is 2.78. The molecule has 2 aromatic carbocycles. The molecule has 0 aliphatic rings. The Kier molecular flexibility index (Phi) is 4.36. The number of nitrogens with one attached hydrogen (secondary N) is 2. The minimum atomic E-state index is 0.0368. The molecule has 2 aromatic heterocycles. The Morgan fingerprint density at radius 3 is 2.96 bits per heavy atom. The maximum atomic E-state index is 9.84. The molecule has 0 saturated heterocycles. The van der Waals surface area contributed by atoms with Crippen LogP contribution in [0.4, 0.5) is 5.95 Å². The van der Waals surface area contributed by atoms with Crippen LogP contribution in [0.3, 0.4) is 0 Å². The number of halogens is 1. The number of benzene rings is 2. The van der Waals surface area contributed by atoms with Gasteiger partial charge >= 0.3 is 0 Å². The van der Waals surface area contributed by atoms with Crippen LogP contribution in [0.1, 0.15) is 11.1 Å². The highest BCUT2D eigenvalue weighted by Crippen LogP contribution is 2.34. The fourth-order valence-corrected chi connectivity index (χ4v) is 3.24. The number of phenolic OH excluding ortho intramolecular Hbond substituents is 1. The highest BCUT2D eigenvalue weighted by atomic mass is 79.9. The SMILES string of the molecule is COc1cc(/C=N\Nc2nnc3c(n2)[nH]c2c(C)cccc23)cc(Br)c1O. The van der Waals surface area contributed by atoms with Gasteiger partial charge in [-0.05, 0) is 46.1 Å². The predicted octanol–water partition coefficient (Wildman–Crippen LogP) is 3.74. The van der Waals surface area contributed by atoms with Gasteiger partial charge in [-0.2, -0.15) is 10.1 Å². The fraction of sp³-hybridized carbons (Fsp3) is 0.111. The second-order valence-electron chi connectivity index (χ2n) is 5.88. The average Bonchev–Trinajstić information content (AvgIpc) is 3.04. The summed E-state index contributed by atoms with van der Waals surface area (Å²) in [6.45, 7) is 2.03. The molecule has 0 saturated carbocycles. The lowest BCUT2D eigenvalue weighted by Gasteiger charge is -2.06. The van der Waals surface area contributed by atoms with E-state index in [2.05, 4.69) is 46.6 Å². The van der Waals surface area contributed by atoms with Crippen LogP contribution >= 0.6 is 15.9 Å². The first-order valence-corrected chi connectivity index (χ1v) is 8.83. The first-order valence-electron chi connectivity index (χ1n) is 8.04. The maximum Gasteiger partial charge on any atom is 0.265 e. The number of aryl methyl sites for hydroxylation is 1. The van der Waals surface area contributed by atoms with E-state index in [-0.39, 0.29) is 11.7 Å². The number of aromatic nitrogens is 4. The number of rotatable bonds is 4. The number of aromatic amines is 1. The topological polar surface area (TPSA) is 108 Å². The largest absolute Gasteiger partial charge is 0.503 e. The van der Waals surface area contributed by atoms with Gasteiger partial charge in [0.15, 0.2) is 17.1 Å². The zero-order valence-electron chi connectivity index (χ0n) is 14.5. The molecular formula is C18H15BrN6O2. The lowest BCUT2D eigenvalue weighted by Crippen LogP contribution is -1.99. The highest BCUT2D eigenvalue weighted by Gasteiger charge is 2.10. The summed E-state index contributed by atoms with van der Waals surface area (Å²) in [5.74, 6) is 0.654. The van der Waals surface area contributed by atoms with E-state index in [4.69, 9.17) is 4.74 Å². The van der Waals surface area contributed by atoms with Gasteiger partial charge in [-0.15, -0.1) is 10.2 Å². The number of nitrogens with zero attached hydrogens (tertiary/aromatic N) is 4. The molecule has 0 bridgehead atoms. The highest BCUT2D eigenvalue weighted by molar-refractivity contribution is 9.10. The van der Waals surface area contributed by atoms with Crippen molar-refractivity contribution in [3.8, 4) is 11.5 Å². The lowest BCUT2D eigenvalue weighted by molar-refractivity contribution is 0.372. The van der Waals surface area contributed by atoms with Crippen LogP contribution in [0.2, 0.25) is 0 Å². The van der Waals surface area contributed by atoms with E-state index < -0.39 is 0 Å². The van der Waals surface area contributed by atoms with Gasteiger partial charge in [0.2, 0.25) is 0 Å². The number of hydrogen-bond acceptors (Lipinski definition) is 7. The van der Waals surface area contributed by atoms with Crippen LogP contribution in [0.15, 0.2) is 39.9 Å². The third kappa shape index (κ3) is 3.17. The molecule has 4 rings (SSSR count). The Bertz CT molecular complexity index is 1190. The molecule has 0 spiro atoms. The zero-order valence-corrected chi connectivity index (χ0v) is 16.1. The molecule has 0 amide bonds. The number of anilines is 1. The monoisotopic (exact) mass is 426 g/mol. The number of aromatic hydroxyl groups is 1. The normalized spacial score (nSPS) is 11.5. The van der Waals surface area contributed by atoms with Crippen LogP contribution in [-0.2, 0) is 0 Å². The molecule has 9 heteroatoms. The molecule has 0 fully saturated rings. The third-order valence-electron chi connectivity index (χ3n) is 4.11. The number of para-hydroxylation sites is 1. The Hall–Kier alpha value is -3.20. The molecule has 2 heterocycles. The van der Waals surface area contributed by atoms with Crippen molar-refractivity contribution in [3.63, 3.8) is 0 Å². The van der Waals surface area contributed by atoms with E-state index in [0.717, 1.165) is 27.5 Å². The molecule has 0 aliphatic carbocycles. The van der Waals surface area contributed by atoms with Gasteiger partial charge in [-0.3, -0.25) is 0 Å². The van der Waals surface area contributed by atoms with Crippen molar-refractivity contribution < 1.29 is 9.84 Å². The van der Waals surface area contributed by atoms with Crippen LogP contribution in [0, 0.1) is 6.92 Å². The molecule has 8 nitrogen and oxygen atoms in total. The van der Waals surface area contributed by atoms with Crippen molar-refractivity contribution >= 4 is 50.2 Å². The van der Waals surface area contributed by atoms with E-state index >= 15 is 0 Å². The van der Waals surface area contributed by atoms with Gasteiger partial charge in [0.25, 0.3) is 5.95 Å². The summed E-state index contributed by atoms with van der Waals surface area (Å²) in [5.41, 5.74) is 6.95. The van der Waals surface area contributed by atoms with Crippen LogP contribution in [0.25, 0.3) is 22.1 Å². The standard InChI is InChI=1S/C18H15BrN6O2/c1-9-4-3-5-11-14(9)21-17-15(11)23-25-18(22-17)24-20-8-10-6-12(19)16(26)13(7-10)27-2/h3-8,26H,1-2H3,(H2,21,22,24,25)/b20-8-. The Morgan fingerprint density at radius 1 is 1.30 bits per heavy atom. The first-order chi connectivity index (χ1) is 13.1. The molecule has 0 aliphatic heterocycles. The quantitative estimate of drug-likeness (QED) is 0.338. The van der Waals surface area contributed by atoms with Crippen molar-refractivity contribution in [3.05, 3.63) is 45.9 Å². The Balaban J connectivity index is 1.60. The smallest absolute Gasteiger partial charge is 0.265 e. The van der Waals surface area contributed by atoms with Gasteiger partial charge in [0.1, 0.15) is 5.52 Å². The maximum absolute atomic E-state index is 9.84. The molecule has 136 valence electrons. The summed E-state index contributed by atoms with van der Waals surface area (Å²) in [6, 6.07) is 9.37. The van der Waals surface area contributed by atoms with E-state index in [9.17, 15) is 5.11 Å². The number of hydrogen-bond donors (Lipinski definition) is 3. The average molecular weight is 427 g/mol. The van der Waals surface area contributed by atoms with Crippen LogP contribution < -0.4 is 10.2 Å². The molecule has 0 radical (unpaired) electrons. The molecule has 4 aromatic rings. The number of methoxy groups -OCH3 is 1. The summed E-state index contributed by atoms with van der Waals surface area (Å²) in [5, 5.41) is 23.3. The number of fused-ring (bicyclic) bond motifs is 3. The molecule has 0 unspecified atom stereocenters. The summed E-state index contributed by atoms with van der Waals surface area (Å²) < 4.78 is 5.63. The zero-order chi connectivity index (χ0) is 19.0. The summed E-state index contributed by atoms with van der Waals surface area (Å²) >= 11 is 3.27. The van der Waals surface area contributed by atoms with Crippen molar-refractivity contribution in [2.75, 3.05) is 12.5 Å². The second-order valence-corrected chi connectivity index (χ2v) is 6.73. The molecule has 3 N–H and O–H groups in total. The van der Waals surface area contributed by atoms with E-state index in [1.54, 1.807) is 18.3 Å². The number of ether oxygens (including phenoxy) is 1. The molecular weight excluding hydrogens is 412 g/mol. The van der Waals surface area contributed by atoms with E-state index in [1.807, 2.05) is 25.1 Å². The van der Waals surface area contributed by atoms with Gasteiger partial charge in [-0.25, -0.2) is 5.43 Å². The second kappa shape index (κ2) is 6.84.